The van der Waals surface area contributed by atoms with Gasteiger partial charge in [-0.15, -0.1) is 0 Å². The van der Waals surface area contributed by atoms with E-state index in [4.69, 9.17) is 14.5 Å². The van der Waals surface area contributed by atoms with Gasteiger partial charge in [-0.25, -0.2) is 14.3 Å². The van der Waals surface area contributed by atoms with Gasteiger partial charge in [-0.3, -0.25) is 4.79 Å². The molecule has 1 unspecified atom stereocenters. The Kier molecular flexibility index (Phi) is 8.09. The van der Waals surface area contributed by atoms with Crippen molar-refractivity contribution in [2.45, 2.75) is 32.6 Å². The number of nitrogens with zero attached hydrogens (tertiary/aromatic N) is 2. The second kappa shape index (κ2) is 10.8. The van der Waals surface area contributed by atoms with Crippen LogP contribution in [0.5, 0.6) is 11.5 Å². The maximum absolute atomic E-state index is 11.4. The molecule has 1 aromatic carbocycles. The summed E-state index contributed by atoms with van der Waals surface area (Å²) in [6.07, 6.45) is 1.97. The van der Waals surface area contributed by atoms with Crippen LogP contribution in [0.25, 0.3) is 17.0 Å². The van der Waals surface area contributed by atoms with Crippen molar-refractivity contribution in [1.82, 2.24) is 15.3 Å². The summed E-state index contributed by atoms with van der Waals surface area (Å²) in [6.45, 7) is 5.28. The van der Waals surface area contributed by atoms with E-state index in [0.29, 0.717) is 11.7 Å². The van der Waals surface area contributed by atoms with Crippen molar-refractivity contribution in [2.75, 3.05) is 20.0 Å². The molecule has 3 aromatic rings. The van der Waals surface area contributed by atoms with Gasteiger partial charge in [0.2, 0.25) is 5.91 Å². The van der Waals surface area contributed by atoms with Gasteiger partial charge in [-0.05, 0) is 26.0 Å². The minimum Gasteiger partial charge on any atom is -0.497 e. The number of benzene rings is 1. The van der Waals surface area contributed by atoms with Gasteiger partial charge < -0.3 is 19.9 Å². The number of imidazole rings is 1. The molecule has 0 saturated heterocycles. The molecular formula is C22H27N4O5S2+. The van der Waals surface area contributed by atoms with Crippen molar-refractivity contribution in [3.63, 3.8) is 0 Å². The molecule has 2 heterocycles. The Bertz CT molecular complexity index is 1180. The van der Waals surface area contributed by atoms with Crippen molar-refractivity contribution < 1.29 is 28.7 Å². The molecule has 0 aliphatic heterocycles. The van der Waals surface area contributed by atoms with Crippen molar-refractivity contribution in [1.29, 1.82) is 0 Å². The molecule has 1 atom stereocenters. The molecule has 0 aliphatic rings. The van der Waals surface area contributed by atoms with E-state index in [-0.39, 0.29) is 11.7 Å². The van der Waals surface area contributed by atoms with Crippen LogP contribution in [0.3, 0.4) is 0 Å². The van der Waals surface area contributed by atoms with Crippen LogP contribution in [0.4, 0.5) is 0 Å². The van der Waals surface area contributed by atoms with E-state index in [1.165, 1.54) is 28.5 Å². The number of ether oxygens (including phenoxy) is 2. The number of aromatic nitrogens is 3. The van der Waals surface area contributed by atoms with E-state index in [9.17, 15) is 14.7 Å². The summed E-state index contributed by atoms with van der Waals surface area (Å²) in [6, 6.07) is 4.72. The van der Waals surface area contributed by atoms with Crippen LogP contribution in [0.15, 0.2) is 24.4 Å². The number of pyridine rings is 1. The van der Waals surface area contributed by atoms with E-state index in [1.807, 2.05) is 42.8 Å². The van der Waals surface area contributed by atoms with Crippen LogP contribution < -0.4 is 19.4 Å². The zero-order valence-corrected chi connectivity index (χ0v) is 20.7. The molecule has 0 radical (unpaired) electrons. The highest BCUT2D eigenvalue weighted by molar-refractivity contribution is 8.76. The average Bonchev–Trinajstić information content (AvgIpc) is 3.19. The minimum absolute atomic E-state index is 0.242. The number of fused-ring (bicyclic) bond motifs is 1. The number of nitrogens with one attached hydrogen (secondary N) is 2. The molecule has 0 fully saturated rings. The number of carbonyl (C=O) groups is 2. The van der Waals surface area contributed by atoms with Gasteiger partial charge in [0, 0.05) is 29.9 Å². The quantitative estimate of drug-likeness (QED) is 0.225. The number of hydrogen-bond donors (Lipinski definition) is 3. The van der Waals surface area contributed by atoms with Gasteiger partial charge in [0.15, 0.2) is 5.52 Å². The Morgan fingerprint density at radius 3 is 2.64 bits per heavy atom. The number of aliphatic carboxylic acids is 1. The van der Waals surface area contributed by atoms with Gasteiger partial charge in [-0.1, -0.05) is 26.6 Å². The minimum atomic E-state index is -1.06. The lowest BCUT2D eigenvalue weighted by Crippen LogP contribution is -2.41. The first kappa shape index (κ1) is 24.7. The number of aromatic amines is 1. The predicted octanol–water partition coefficient (Wildman–Crippen LogP) is 2.94. The number of H-pyrrole nitrogens is 1. The molecule has 0 saturated carbocycles. The molecule has 2 aromatic heterocycles. The molecule has 33 heavy (non-hydrogen) atoms. The van der Waals surface area contributed by atoms with Gasteiger partial charge in [0.1, 0.15) is 28.8 Å². The lowest BCUT2D eigenvalue weighted by Gasteiger charge is -2.16. The number of rotatable bonds is 10. The van der Waals surface area contributed by atoms with E-state index in [0.717, 1.165) is 39.4 Å². The summed E-state index contributed by atoms with van der Waals surface area (Å²) >= 11 is 0. The Balaban J connectivity index is 1.89. The summed E-state index contributed by atoms with van der Waals surface area (Å²) in [4.78, 5) is 30.7. The molecule has 3 rings (SSSR count). The van der Waals surface area contributed by atoms with Crippen molar-refractivity contribution >= 4 is 44.5 Å². The SMILES string of the molecule is COc1ccc2nc(-[n+]3cc(C)c(OC)c(C)c3CSSCC(NC(C)=O)C(=O)O)[nH]c2c1. The lowest BCUT2D eigenvalue weighted by atomic mass is 10.1. The predicted molar refractivity (Wildman–Crippen MR) is 129 cm³/mol. The standard InChI is InChI=1S/C22H26N4O5S2/c1-12-9-26(22-24-16-7-6-15(30-4)8-17(16)25-22)19(13(2)20(12)31-5)11-33-32-10-18(21(28)29)23-14(3)27/h6-9,18H,10-11H2,1-5H3,(H2-,23,24,25,27,28,29)/p+1. The number of methoxy groups -OCH3 is 2. The Labute approximate surface area is 199 Å². The van der Waals surface area contributed by atoms with Crippen LogP contribution in [-0.2, 0) is 15.3 Å². The van der Waals surface area contributed by atoms with E-state index in [2.05, 4.69) is 10.3 Å². The molecular weight excluding hydrogens is 464 g/mol. The van der Waals surface area contributed by atoms with E-state index < -0.39 is 12.0 Å². The van der Waals surface area contributed by atoms with Crippen molar-refractivity contribution in [2.24, 2.45) is 0 Å². The number of carbonyl (C=O) groups excluding carboxylic acids is 1. The van der Waals surface area contributed by atoms with Gasteiger partial charge in [0.25, 0.3) is 0 Å². The fourth-order valence-corrected chi connectivity index (χ4v) is 5.76. The molecule has 0 spiro atoms. The fraction of sp³-hybridized carbons (Fsp3) is 0.364. The average molecular weight is 492 g/mol. The maximum Gasteiger partial charge on any atom is 0.402 e. The van der Waals surface area contributed by atoms with Crippen LogP contribution in [0.1, 0.15) is 23.7 Å². The number of aryl methyl sites for hydroxylation is 1. The Hall–Kier alpha value is -2.92. The number of carboxylic acid groups (broad SMARTS) is 1. The number of hydrogen-bond acceptors (Lipinski definition) is 7. The smallest absolute Gasteiger partial charge is 0.402 e. The summed E-state index contributed by atoms with van der Waals surface area (Å²) in [5.74, 6) is 1.59. The second-order valence-corrected chi connectivity index (χ2v) is 9.88. The molecule has 3 N–H and O–H groups in total. The third kappa shape index (κ3) is 5.72. The van der Waals surface area contributed by atoms with Crippen LogP contribution in [0, 0.1) is 13.8 Å². The highest BCUT2D eigenvalue weighted by Gasteiger charge is 2.24. The highest BCUT2D eigenvalue weighted by Crippen LogP contribution is 2.31. The third-order valence-electron chi connectivity index (χ3n) is 5.04. The van der Waals surface area contributed by atoms with Crippen molar-refractivity contribution in [3.8, 4) is 17.4 Å². The number of carboxylic acids is 1. The van der Waals surface area contributed by atoms with Gasteiger partial charge >= 0.3 is 11.9 Å². The molecule has 176 valence electrons. The van der Waals surface area contributed by atoms with Crippen LogP contribution in [0.2, 0.25) is 0 Å². The largest absolute Gasteiger partial charge is 0.497 e. The highest BCUT2D eigenvalue weighted by atomic mass is 33.1. The summed E-state index contributed by atoms with van der Waals surface area (Å²) < 4.78 is 12.9. The van der Waals surface area contributed by atoms with E-state index in [1.54, 1.807) is 14.2 Å². The second-order valence-electron chi connectivity index (χ2n) is 7.37. The topological polar surface area (TPSA) is 117 Å². The Morgan fingerprint density at radius 2 is 2.00 bits per heavy atom. The summed E-state index contributed by atoms with van der Waals surface area (Å²) in [5, 5.41) is 11.8. The van der Waals surface area contributed by atoms with Crippen LogP contribution in [-0.4, -0.2) is 53.0 Å². The monoisotopic (exact) mass is 491 g/mol. The third-order valence-corrected chi connectivity index (χ3v) is 7.33. The van der Waals surface area contributed by atoms with Crippen LogP contribution >= 0.6 is 21.6 Å². The molecule has 0 bridgehead atoms. The number of amides is 1. The van der Waals surface area contributed by atoms with Crippen molar-refractivity contribution in [3.05, 3.63) is 41.2 Å². The molecule has 1 amide bonds. The van der Waals surface area contributed by atoms with Gasteiger partial charge in [-0.2, -0.15) is 0 Å². The van der Waals surface area contributed by atoms with E-state index >= 15 is 0 Å². The maximum atomic E-state index is 11.4. The Morgan fingerprint density at radius 1 is 1.24 bits per heavy atom. The normalized spacial score (nSPS) is 11.9. The summed E-state index contributed by atoms with van der Waals surface area (Å²) in [7, 11) is 6.16. The fourth-order valence-electron chi connectivity index (χ4n) is 3.47. The molecule has 0 aliphatic carbocycles. The first-order valence-electron chi connectivity index (χ1n) is 10.1. The zero-order chi connectivity index (χ0) is 24.1. The zero-order valence-electron chi connectivity index (χ0n) is 19.1. The first-order valence-corrected chi connectivity index (χ1v) is 12.6. The summed E-state index contributed by atoms with van der Waals surface area (Å²) in [5.41, 5.74) is 4.58. The van der Waals surface area contributed by atoms with Gasteiger partial charge in [0.05, 0.1) is 26.2 Å². The lowest BCUT2D eigenvalue weighted by molar-refractivity contribution is -0.611. The first-order chi connectivity index (χ1) is 15.7. The molecule has 9 nitrogen and oxygen atoms in total. The molecule has 11 heteroatoms.